The summed E-state index contributed by atoms with van der Waals surface area (Å²) >= 11 is 1.51. The number of carbonyl (C=O) groups is 1. The Morgan fingerprint density at radius 3 is 2.55 bits per heavy atom. The lowest BCUT2D eigenvalue weighted by molar-refractivity contribution is -0.128. The molecule has 0 unspecified atom stereocenters. The summed E-state index contributed by atoms with van der Waals surface area (Å²) in [4.78, 5) is 21.7. The summed E-state index contributed by atoms with van der Waals surface area (Å²) in [5.74, 6) is 1.37. The number of hydrogen-bond acceptors (Lipinski definition) is 5. The third-order valence-corrected chi connectivity index (χ3v) is 6.19. The predicted molar refractivity (Wildman–Crippen MR) is 119 cm³/mol. The smallest absolute Gasteiger partial charge is 0.233 e. The molecule has 29 heavy (non-hydrogen) atoms. The van der Waals surface area contributed by atoms with Gasteiger partial charge in [0.25, 0.3) is 0 Å². The quantitative estimate of drug-likeness (QED) is 0.599. The highest BCUT2D eigenvalue weighted by atomic mass is 32.2. The molecule has 0 bridgehead atoms. The lowest BCUT2D eigenvalue weighted by Crippen LogP contribution is -2.49. The second-order valence-corrected chi connectivity index (χ2v) is 8.15. The summed E-state index contributed by atoms with van der Waals surface area (Å²) in [5, 5.41) is 1.98. The Bertz CT molecular complexity index is 1000. The van der Waals surface area contributed by atoms with Gasteiger partial charge in [0.15, 0.2) is 0 Å². The molecule has 0 aliphatic carbocycles. The van der Waals surface area contributed by atoms with Crippen molar-refractivity contribution in [1.29, 1.82) is 0 Å². The minimum atomic E-state index is 0.174. The molecule has 2 aromatic carbocycles. The SMILES string of the molecule is COc1ccc2c(C)cc(SCC(=O)N3CCN(c4ccccc4)CC3)nc2c1. The van der Waals surface area contributed by atoms with Gasteiger partial charge in [0, 0.05) is 43.3 Å². The van der Waals surface area contributed by atoms with Crippen LogP contribution in [0.1, 0.15) is 5.56 Å². The number of pyridine rings is 1. The summed E-state index contributed by atoms with van der Waals surface area (Å²) in [5.41, 5.74) is 3.28. The van der Waals surface area contributed by atoms with Gasteiger partial charge in [-0.2, -0.15) is 0 Å². The number of aromatic nitrogens is 1. The molecule has 1 amide bonds. The van der Waals surface area contributed by atoms with E-state index in [1.807, 2.05) is 29.2 Å². The molecule has 6 heteroatoms. The minimum Gasteiger partial charge on any atom is -0.497 e. The number of amides is 1. The van der Waals surface area contributed by atoms with Crippen molar-refractivity contribution in [2.24, 2.45) is 0 Å². The molecule has 4 rings (SSSR count). The Hall–Kier alpha value is -2.73. The van der Waals surface area contributed by atoms with E-state index in [2.05, 4.69) is 42.2 Å². The van der Waals surface area contributed by atoms with E-state index in [1.165, 1.54) is 17.4 Å². The first-order chi connectivity index (χ1) is 14.1. The van der Waals surface area contributed by atoms with E-state index in [0.29, 0.717) is 5.75 Å². The van der Waals surface area contributed by atoms with Gasteiger partial charge in [-0.1, -0.05) is 30.0 Å². The van der Waals surface area contributed by atoms with Gasteiger partial charge in [0.2, 0.25) is 5.91 Å². The van der Waals surface area contributed by atoms with Crippen LogP contribution in [-0.4, -0.2) is 54.8 Å². The molecule has 1 saturated heterocycles. The molecule has 1 aliphatic heterocycles. The number of rotatable bonds is 5. The van der Waals surface area contributed by atoms with Crippen LogP contribution in [0.25, 0.3) is 10.9 Å². The highest BCUT2D eigenvalue weighted by Crippen LogP contribution is 2.27. The third kappa shape index (κ3) is 4.48. The van der Waals surface area contributed by atoms with E-state index < -0.39 is 0 Å². The van der Waals surface area contributed by atoms with E-state index in [0.717, 1.165) is 53.4 Å². The number of aryl methyl sites for hydroxylation is 1. The average Bonchev–Trinajstić information content (AvgIpc) is 2.77. The van der Waals surface area contributed by atoms with Crippen LogP contribution < -0.4 is 9.64 Å². The molecule has 0 spiro atoms. The van der Waals surface area contributed by atoms with Gasteiger partial charge in [-0.3, -0.25) is 4.79 Å². The molecule has 2 heterocycles. The van der Waals surface area contributed by atoms with E-state index in [-0.39, 0.29) is 5.91 Å². The standard InChI is InChI=1S/C23H25N3O2S/c1-17-14-22(24-21-15-19(28-2)8-9-20(17)21)29-16-23(27)26-12-10-25(11-13-26)18-6-4-3-5-7-18/h3-9,14-15H,10-13,16H2,1-2H3. The monoisotopic (exact) mass is 407 g/mol. The fourth-order valence-electron chi connectivity index (χ4n) is 3.63. The van der Waals surface area contributed by atoms with Crippen molar-refractivity contribution in [2.75, 3.05) is 43.9 Å². The highest BCUT2D eigenvalue weighted by Gasteiger charge is 2.21. The van der Waals surface area contributed by atoms with Gasteiger partial charge in [0.1, 0.15) is 5.75 Å². The van der Waals surface area contributed by atoms with E-state index >= 15 is 0 Å². The summed E-state index contributed by atoms with van der Waals surface area (Å²) in [6.07, 6.45) is 0. The predicted octanol–water partition coefficient (Wildman–Crippen LogP) is 3.99. The minimum absolute atomic E-state index is 0.174. The Balaban J connectivity index is 1.36. The fraction of sp³-hybridized carbons (Fsp3) is 0.304. The van der Waals surface area contributed by atoms with Crippen LogP contribution in [-0.2, 0) is 4.79 Å². The zero-order valence-corrected chi connectivity index (χ0v) is 17.6. The van der Waals surface area contributed by atoms with Crippen molar-refractivity contribution in [2.45, 2.75) is 11.9 Å². The maximum atomic E-state index is 12.7. The first-order valence-corrected chi connectivity index (χ1v) is 10.8. The van der Waals surface area contributed by atoms with Crippen molar-refractivity contribution >= 4 is 34.3 Å². The number of anilines is 1. The van der Waals surface area contributed by atoms with Gasteiger partial charge in [0.05, 0.1) is 23.4 Å². The molecule has 1 fully saturated rings. The van der Waals surface area contributed by atoms with Gasteiger partial charge >= 0.3 is 0 Å². The molecule has 5 nitrogen and oxygen atoms in total. The lowest BCUT2D eigenvalue weighted by atomic mass is 10.1. The van der Waals surface area contributed by atoms with Gasteiger partial charge in [-0.25, -0.2) is 4.98 Å². The van der Waals surface area contributed by atoms with Crippen LogP contribution in [0.15, 0.2) is 59.6 Å². The number of methoxy groups -OCH3 is 1. The number of nitrogens with zero attached hydrogens (tertiary/aromatic N) is 3. The summed E-state index contributed by atoms with van der Waals surface area (Å²) in [6.45, 7) is 5.33. The molecule has 3 aromatic rings. The summed E-state index contributed by atoms with van der Waals surface area (Å²) in [7, 11) is 1.66. The Kier molecular flexibility index (Phi) is 5.90. The van der Waals surface area contributed by atoms with Crippen molar-refractivity contribution in [3.05, 3.63) is 60.2 Å². The van der Waals surface area contributed by atoms with Gasteiger partial charge in [-0.05, 0) is 42.8 Å². The maximum Gasteiger partial charge on any atom is 0.233 e. The number of hydrogen-bond donors (Lipinski definition) is 0. The highest BCUT2D eigenvalue weighted by molar-refractivity contribution is 7.99. The van der Waals surface area contributed by atoms with Crippen molar-refractivity contribution < 1.29 is 9.53 Å². The number of piperazine rings is 1. The number of ether oxygens (including phenoxy) is 1. The van der Waals surface area contributed by atoms with Crippen LogP contribution in [0, 0.1) is 6.92 Å². The molecule has 150 valence electrons. The Morgan fingerprint density at radius 2 is 1.83 bits per heavy atom. The van der Waals surface area contributed by atoms with Crippen LogP contribution in [0.5, 0.6) is 5.75 Å². The number of fused-ring (bicyclic) bond motifs is 1. The average molecular weight is 408 g/mol. The molecule has 0 radical (unpaired) electrons. The number of thioether (sulfide) groups is 1. The van der Waals surface area contributed by atoms with Crippen LogP contribution in [0.4, 0.5) is 5.69 Å². The molecular formula is C23H25N3O2S. The normalized spacial score (nSPS) is 14.3. The van der Waals surface area contributed by atoms with Crippen LogP contribution >= 0.6 is 11.8 Å². The zero-order chi connectivity index (χ0) is 20.2. The first-order valence-electron chi connectivity index (χ1n) is 9.80. The van der Waals surface area contributed by atoms with Crippen molar-refractivity contribution in [3.8, 4) is 5.75 Å². The van der Waals surface area contributed by atoms with Gasteiger partial charge in [-0.15, -0.1) is 0 Å². The molecule has 0 saturated carbocycles. The fourth-order valence-corrected chi connectivity index (χ4v) is 4.51. The summed E-state index contributed by atoms with van der Waals surface area (Å²) in [6, 6.07) is 18.3. The second-order valence-electron chi connectivity index (χ2n) is 7.15. The molecule has 1 aliphatic rings. The van der Waals surface area contributed by atoms with Crippen molar-refractivity contribution in [3.63, 3.8) is 0 Å². The van der Waals surface area contributed by atoms with E-state index in [4.69, 9.17) is 9.72 Å². The molecular weight excluding hydrogens is 382 g/mol. The maximum absolute atomic E-state index is 12.7. The second kappa shape index (κ2) is 8.74. The van der Waals surface area contributed by atoms with Crippen LogP contribution in [0.3, 0.4) is 0 Å². The molecule has 0 atom stereocenters. The van der Waals surface area contributed by atoms with Crippen LogP contribution in [0.2, 0.25) is 0 Å². The lowest BCUT2D eigenvalue weighted by Gasteiger charge is -2.36. The topological polar surface area (TPSA) is 45.7 Å². The zero-order valence-electron chi connectivity index (χ0n) is 16.8. The third-order valence-electron chi connectivity index (χ3n) is 5.30. The summed E-state index contributed by atoms with van der Waals surface area (Å²) < 4.78 is 5.31. The van der Waals surface area contributed by atoms with E-state index in [9.17, 15) is 4.79 Å². The van der Waals surface area contributed by atoms with Gasteiger partial charge < -0.3 is 14.5 Å². The Morgan fingerprint density at radius 1 is 1.07 bits per heavy atom. The number of para-hydroxylation sites is 1. The largest absolute Gasteiger partial charge is 0.497 e. The molecule has 1 aromatic heterocycles. The Labute approximate surface area is 175 Å². The van der Waals surface area contributed by atoms with Crippen molar-refractivity contribution in [1.82, 2.24) is 9.88 Å². The first kappa shape index (κ1) is 19.6. The number of carbonyl (C=O) groups excluding carboxylic acids is 1. The molecule has 0 N–H and O–H groups in total. The van der Waals surface area contributed by atoms with E-state index in [1.54, 1.807) is 7.11 Å². The number of benzene rings is 2.